The van der Waals surface area contributed by atoms with Gasteiger partial charge >= 0.3 is 0 Å². The first kappa shape index (κ1) is 10.8. The molecule has 0 unspecified atom stereocenters. The average Bonchev–Trinajstić information content (AvgIpc) is 2.56. The van der Waals surface area contributed by atoms with E-state index >= 15 is 0 Å². The molecule has 1 N–H and O–H groups in total. The zero-order chi connectivity index (χ0) is 12.2. The number of fused-ring (bicyclic) bond motifs is 3. The fourth-order valence-electron chi connectivity index (χ4n) is 3.29. The van der Waals surface area contributed by atoms with Crippen molar-refractivity contribution in [2.24, 2.45) is 0 Å². The molecule has 0 aromatic heterocycles. The van der Waals surface area contributed by atoms with Crippen LogP contribution in [0.3, 0.4) is 0 Å². The van der Waals surface area contributed by atoms with E-state index in [-0.39, 0.29) is 17.5 Å². The van der Waals surface area contributed by atoms with E-state index in [1.807, 2.05) is 17.0 Å². The first-order valence-electron chi connectivity index (χ1n) is 6.10. The van der Waals surface area contributed by atoms with E-state index in [1.165, 1.54) is 11.1 Å². The third-order valence-corrected chi connectivity index (χ3v) is 3.97. The monoisotopic (exact) mass is 231 g/mol. The quantitative estimate of drug-likeness (QED) is 0.737. The maximum Gasteiger partial charge on any atom is 0.252 e. The van der Waals surface area contributed by atoms with Gasteiger partial charge in [0.15, 0.2) is 0 Å². The molecule has 1 fully saturated rings. The summed E-state index contributed by atoms with van der Waals surface area (Å²) in [5.74, 6) is -0.116. The number of aliphatic hydroxyl groups is 1. The number of hydrogen-bond acceptors (Lipinski definition) is 2. The molecule has 0 spiro atoms. The lowest BCUT2D eigenvalue weighted by atomic mass is 9.82. The van der Waals surface area contributed by atoms with Crippen molar-refractivity contribution in [3.8, 4) is 0 Å². The van der Waals surface area contributed by atoms with E-state index in [9.17, 15) is 9.90 Å². The van der Waals surface area contributed by atoms with Crippen molar-refractivity contribution >= 4 is 5.91 Å². The summed E-state index contributed by atoms with van der Waals surface area (Å²) in [6.07, 6.45) is 0.558. The van der Waals surface area contributed by atoms with E-state index < -0.39 is 6.10 Å². The zero-order valence-electron chi connectivity index (χ0n) is 10.2. The van der Waals surface area contributed by atoms with Gasteiger partial charge in [-0.05, 0) is 31.4 Å². The average molecular weight is 231 g/mol. The molecule has 0 radical (unpaired) electrons. The van der Waals surface area contributed by atoms with Crippen molar-refractivity contribution in [2.75, 3.05) is 0 Å². The van der Waals surface area contributed by atoms with E-state index in [1.54, 1.807) is 0 Å². The largest absolute Gasteiger partial charge is 0.383 e. The molecular formula is C14H17NO2. The highest BCUT2D eigenvalue weighted by atomic mass is 16.3. The third-order valence-electron chi connectivity index (χ3n) is 3.97. The summed E-state index contributed by atoms with van der Waals surface area (Å²) in [7, 11) is 0. The lowest BCUT2D eigenvalue weighted by Crippen LogP contribution is -2.51. The fraction of sp³-hybridized carbons (Fsp3) is 0.500. The van der Waals surface area contributed by atoms with E-state index in [0.717, 1.165) is 6.42 Å². The van der Waals surface area contributed by atoms with E-state index in [4.69, 9.17) is 0 Å². The molecule has 17 heavy (non-hydrogen) atoms. The van der Waals surface area contributed by atoms with Crippen LogP contribution in [0.25, 0.3) is 0 Å². The number of rotatable bonds is 0. The molecule has 2 aliphatic heterocycles. The molecule has 3 nitrogen and oxygen atoms in total. The van der Waals surface area contributed by atoms with Gasteiger partial charge in [0, 0.05) is 12.0 Å². The van der Waals surface area contributed by atoms with Crippen LogP contribution in [-0.4, -0.2) is 27.6 Å². The second kappa shape index (κ2) is 3.33. The minimum atomic E-state index is -0.828. The molecule has 2 aliphatic rings. The number of nitrogens with zero attached hydrogens (tertiary/aromatic N) is 1. The second-order valence-corrected chi connectivity index (χ2v) is 5.66. The van der Waals surface area contributed by atoms with Crippen LogP contribution in [-0.2, 0) is 11.2 Å². The van der Waals surface area contributed by atoms with Gasteiger partial charge in [0.2, 0.25) is 0 Å². The number of benzene rings is 1. The number of aliphatic hydroxyl groups excluding tert-OH is 1. The molecular weight excluding hydrogens is 214 g/mol. The molecule has 1 aromatic rings. The smallest absolute Gasteiger partial charge is 0.252 e. The number of amides is 1. The predicted molar refractivity (Wildman–Crippen MR) is 64.4 cm³/mol. The van der Waals surface area contributed by atoms with Crippen molar-refractivity contribution in [3.63, 3.8) is 0 Å². The zero-order valence-corrected chi connectivity index (χ0v) is 10.2. The first-order valence-corrected chi connectivity index (χ1v) is 6.10. The summed E-state index contributed by atoms with van der Waals surface area (Å²) in [5.41, 5.74) is 2.31. The predicted octanol–water partition coefficient (Wildman–Crippen LogP) is 1.66. The van der Waals surface area contributed by atoms with Crippen LogP contribution in [0, 0.1) is 0 Å². The van der Waals surface area contributed by atoms with Crippen molar-refractivity contribution in [3.05, 3.63) is 35.4 Å². The van der Waals surface area contributed by atoms with Gasteiger partial charge in [-0.15, -0.1) is 0 Å². The van der Waals surface area contributed by atoms with Crippen LogP contribution in [0.4, 0.5) is 0 Å². The van der Waals surface area contributed by atoms with Crippen LogP contribution in [0.2, 0.25) is 0 Å². The maximum atomic E-state index is 12.0. The normalized spacial score (nSPS) is 30.1. The molecule has 90 valence electrons. The van der Waals surface area contributed by atoms with Crippen LogP contribution < -0.4 is 0 Å². The Balaban J connectivity index is 2.14. The Morgan fingerprint density at radius 2 is 2.06 bits per heavy atom. The summed E-state index contributed by atoms with van der Waals surface area (Å²) in [6.45, 7) is 4.15. The lowest BCUT2D eigenvalue weighted by Gasteiger charge is -2.45. The molecule has 0 saturated carbocycles. The minimum Gasteiger partial charge on any atom is -0.383 e. The molecule has 3 heteroatoms. The molecule has 1 amide bonds. The Kier molecular flexibility index (Phi) is 2.11. The SMILES string of the molecule is CC1(C)Cc2ccccc2[C@@H]2C[C@@H](O)C(=O)N21. The Bertz CT molecular complexity index is 481. The Hall–Kier alpha value is -1.35. The highest BCUT2D eigenvalue weighted by Gasteiger charge is 2.49. The van der Waals surface area contributed by atoms with Gasteiger partial charge < -0.3 is 10.0 Å². The van der Waals surface area contributed by atoms with Crippen molar-refractivity contribution in [2.45, 2.75) is 44.4 Å². The summed E-state index contributed by atoms with van der Waals surface area (Å²) in [6, 6.07) is 8.30. The molecule has 3 rings (SSSR count). The van der Waals surface area contributed by atoms with E-state index in [0.29, 0.717) is 6.42 Å². The van der Waals surface area contributed by atoms with Crippen molar-refractivity contribution < 1.29 is 9.90 Å². The fourth-order valence-corrected chi connectivity index (χ4v) is 3.29. The molecule has 2 heterocycles. The molecule has 2 atom stereocenters. The third kappa shape index (κ3) is 1.42. The number of hydrogen-bond donors (Lipinski definition) is 1. The Morgan fingerprint density at radius 3 is 2.82 bits per heavy atom. The summed E-state index contributed by atoms with van der Waals surface area (Å²) < 4.78 is 0. The van der Waals surface area contributed by atoms with Gasteiger partial charge in [-0.2, -0.15) is 0 Å². The van der Waals surface area contributed by atoms with Crippen molar-refractivity contribution in [1.29, 1.82) is 0 Å². The first-order chi connectivity index (χ1) is 8.00. The highest BCUT2D eigenvalue weighted by molar-refractivity contribution is 5.85. The Labute approximate surface area is 101 Å². The molecule has 1 saturated heterocycles. The minimum absolute atomic E-state index is 0.0532. The molecule has 0 bridgehead atoms. The standard InChI is InChI=1S/C14H17NO2/c1-14(2)8-9-5-3-4-6-10(9)11-7-12(16)13(17)15(11)14/h3-6,11-12,16H,7-8H2,1-2H3/t11-,12+/m0/s1. The van der Waals surface area contributed by atoms with Gasteiger partial charge in [0.1, 0.15) is 6.10 Å². The number of carbonyl (C=O) groups is 1. The number of carbonyl (C=O) groups excluding carboxylic acids is 1. The van der Waals surface area contributed by atoms with E-state index in [2.05, 4.69) is 26.0 Å². The van der Waals surface area contributed by atoms with Crippen LogP contribution in [0.1, 0.15) is 37.4 Å². The molecule has 0 aliphatic carbocycles. The van der Waals surface area contributed by atoms with Crippen LogP contribution in [0.15, 0.2) is 24.3 Å². The summed E-state index contributed by atoms with van der Waals surface area (Å²) in [5, 5.41) is 9.80. The van der Waals surface area contributed by atoms with Gasteiger partial charge in [0.05, 0.1) is 6.04 Å². The van der Waals surface area contributed by atoms with Gasteiger partial charge in [-0.3, -0.25) is 4.79 Å². The van der Waals surface area contributed by atoms with Crippen LogP contribution in [0.5, 0.6) is 0 Å². The van der Waals surface area contributed by atoms with Crippen LogP contribution >= 0.6 is 0 Å². The maximum absolute atomic E-state index is 12.0. The van der Waals surface area contributed by atoms with Crippen molar-refractivity contribution in [1.82, 2.24) is 4.90 Å². The topological polar surface area (TPSA) is 40.5 Å². The summed E-state index contributed by atoms with van der Waals surface area (Å²) in [4.78, 5) is 13.9. The van der Waals surface area contributed by atoms with Gasteiger partial charge in [0.25, 0.3) is 5.91 Å². The Morgan fingerprint density at radius 1 is 1.35 bits per heavy atom. The summed E-state index contributed by atoms with van der Waals surface area (Å²) >= 11 is 0. The highest BCUT2D eigenvalue weighted by Crippen LogP contribution is 2.45. The molecule has 1 aromatic carbocycles. The van der Waals surface area contributed by atoms with Gasteiger partial charge in [-0.25, -0.2) is 0 Å². The lowest BCUT2D eigenvalue weighted by molar-refractivity contribution is -0.140. The second-order valence-electron chi connectivity index (χ2n) is 5.66. The van der Waals surface area contributed by atoms with Gasteiger partial charge in [-0.1, -0.05) is 24.3 Å².